The fourth-order valence-electron chi connectivity index (χ4n) is 2.28. The van der Waals surface area contributed by atoms with Crippen LogP contribution in [0.25, 0.3) is 0 Å². The first-order valence-corrected chi connectivity index (χ1v) is 6.52. The van der Waals surface area contributed by atoms with Crippen molar-refractivity contribution in [1.29, 1.82) is 0 Å². The van der Waals surface area contributed by atoms with E-state index in [1.54, 1.807) is 6.26 Å². The molecule has 0 amide bonds. The SMILES string of the molecule is CC(CN)c1coc(CC2CCN(C)CC2)n1. The minimum Gasteiger partial charge on any atom is -0.449 e. The molecular formula is C13H23N3O. The average Bonchev–Trinajstić information content (AvgIpc) is 2.80. The molecule has 1 fully saturated rings. The van der Waals surface area contributed by atoms with Gasteiger partial charge in [-0.1, -0.05) is 6.92 Å². The Morgan fingerprint density at radius 1 is 1.53 bits per heavy atom. The van der Waals surface area contributed by atoms with Gasteiger partial charge in [0, 0.05) is 18.9 Å². The zero-order valence-corrected chi connectivity index (χ0v) is 10.9. The lowest BCUT2D eigenvalue weighted by molar-refractivity contribution is 0.212. The minimum absolute atomic E-state index is 0.296. The van der Waals surface area contributed by atoms with Crippen LogP contribution in [0.3, 0.4) is 0 Å². The molecule has 1 aromatic heterocycles. The molecule has 2 heterocycles. The average molecular weight is 237 g/mol. The molecule has 1 atom stereocenters. The van der Waals surface area contributed by atoms with E-state index in [0.717, 1.165) is 23.9 Å². The van der Waals surface area contributed by atoms with Crippen molar-refractivity contribution in [3.63, 3.8) is 0 Å². The summed E-state index contributed by atoms with van der Waals surface area (Å²) in [5.41, 5.74) is 6.62. The Balaban J connectivity index is 1.88. The van der Waals surface area contributed by atoms with Crippen LogP contribution in [0.2, 0.25) is 0 Å². The molecule has 0 bridgehead atoms. The van der Waals surface area contributed by atoms with Crippen LogP contribution in [-0.2, 0) is 6.42 Å². The number of nitrogens with two attached hydrogens (primary N) is 1. The first-order valence-electron chi connectivity index (χ1n) is 6.52. The monoisotopic (exact) mass is 237 g/mol. The fraction of sp³-hybridized carbons (Fsp3) is 0.769. The molecule has 1 aromatic rings. The Labute approximate surface area is 103 Å². The smallest absolute Gasteiger partial charge is 0.194 e. The van der Waals surface area contributed by atoms with Gasteiger partial charge in [-0.25, -0.2) is 4.98 Å². The van der Waals surface area contributed by atoms with E-state index in [4.69, 9.17) is 10.2 Å². The van der Waals surface area contributed by atoms with Crippen LogP contribution in [0.4, 0.5) is 0 Å². The van der Waals surface area contributed by atoms with E-state index in [2.05, 4.69) is 23.9 Å². The van der Waals surface area contributed by atoms with Gasteiger partial charge in [-0.2, -0.15) is 0 Å². The summed E-state index contributed by atoms with van der Waals surface area (Å²) in [5, 5.41) is 0. The van der Waals surface area contributed by atoms with Crippen LogP contribution in [0.1, 0.15) is 37.3 Å². The zero-order valence-electron chi connectivity index (χ0n) is 10.9. The highest BCUT2D eigenvalue weighted by atomic mass is 16.3. The van der Waals surface area contributed by atoms with Crippen LogP contribution < -0.4 is 5.73 Å². The minimum atomic E-state index is 0.296. The molecular weight excluding hydrogens is 214 g/mol. The zero-order chi connectivity index (χ0) is 12.3. The second-order valence-electron chi connectivity index (χ2n) is 5.25. The number of piperidine rings is 1. The Kier molecular flexibility index (Phi) is 4.18. The van der Waals surface area contributed by atoms with Crippen LogP contribution in [0.15, 0.2) is 10.7 Å². The largest absolute Gasteiger partial charge is 0.449 e. The van der Waals surface area contributed by atoms with Gasteiger partial charge in [0.15, 0.2) is 5.89 Å². The molecule has 2 rings (SSSR count). The number of rotatable bonds is 4. The van der Waals surface area contributed by atoms with Gasteiger partial charge in [0.25, 0.3) is 0 Å². The lowest BCUT2D eigenvalue weighted by Gasteiger charge is -2.28. The quantitative estimate of drug-likeness (QED) is 0.864. The molecule has 1 aliphatic rings. The fourth-order valence-corrected chi connectivity index (χ4v) is 2.28. The standard InChI is InChI=1S/C13H23N3O/c1-10(8-14)12-9-17-13(15-12)7-11-3-5-16(2)6-4-11/h9-11H,3-8,14H2,1-2H3. The third-order valence-electron chi connectivity index (χ3n) is 3.73. The van der Waals surface area contributed by atoms with Crippen molar-refractivity contribution >= 4 is 0 Å². The maximum absolute atomic E-state index is 5.63. The van der Waals surface area contributed by atoms with Crippen molar-refractivity contribution in [2.45, 2.75) is 32.1 Å². The van der Waals surface area contributed by atoms with Gasteiger partial charge in [0.05, 0.1) is 5.69 Å². The summed E-state index contributed by atoms with van der Waals surface area (Å²) >= 11 is 0. The van der Waals surface area contributed by atoms with Crippen molar-refractivity contribution < 1.29 is 4.42 Å². The number of aromatic nitrogens is 1. The van der Waals surface area contributed by atoms with E-state index >= 15 is 0 Å². The summed E-state index contributed by atoms with van der Waals surface area (Å²) in [6.07, 6.45) is 5.24. The summed E-state index contributed by atoms with van der Waals surface area (Å²) in [7, 11) is 2.18. The van der Waals surface area contributed by atoms with Crippen molar-refractivity contribution in [2.24, 2.45) is 11.7 Å². The molecule has 4 heteroatoms. The predicted octanol–water partition coefficient (Wildman–Crippen LogP) is 1.62. The Morgan fingerprint density at radius 3 is 2.88 bits per heavy atom. The van der Waals surface area contributed by atoms with Gasteiger partial charge >= 0.3 is 0 Å². The molecule has 0 aromatic carbocycles. The number of likely N-dealkylation sites (tertiary alicyclic amines) is 1. The Morgan fingerprint density at radius 2 is 2.24 bits per heavy atom. The third kappa shape index (κ3) is 3.30. The molecule has 4 nitrogen and oxygen atoms in total. The molecule has 0 radical (unpaired) electrons. The van der Waals surface area contributed by atoms with E-state index in [1.807, 2.05) is 0 Å². The summed E-state index contributed by atoms with van der Waals surface area (Å²) in [5.74, 6) is 1.91. The van der Waals surface area contributed by atoms with Crippen molar-refractivity contribution in [1.82, 2.24) is 9.88 Å². The molecule has 1 aliphatic heterocycles. The van der Waals surface area contributed by atoms with E-state index < -0.39 is 0 Å². The van der Waals surface area contributed by atoms with Gasteiger partial charge in [0.1, 0.15) is 6.26 Å². The number of hydrogen-bond donors (Lipinski definition) is 1. The normalized spacial score (nSPS) is 20.6. The summed E-state index contributed by atoms with van der Waals surface area (Å²) < 4.78 is 5.54. The van der Waals surface area contributed by atoms with E-state index in [-0.39, 0.29) is 0 Å². The van der Waals surface area contributed by atoms with Crippen molar-refractivity contribution in [2.75, 3.05) is 26.7 Å². The highest BCUT2D eigenvalue weighted by Gasteiger charge is 2.19. The van der Waals surface area contributed by atoms with Crippen LogP contribution in [0.5, 0.6) is 0 Å². The maximum Gasteiger partial charge on any atom is 0.194 e. The van der Waals surface area contributed by atoms with Gasteiger partial charge in [-0.05, 0) is 38.9 Å². The third-order valence-corrected chi connectivity index (χ3v) is 3.73. The summed E-state index contributed by atoms with van der Waals surface area (Å²) in [4.78, 5) is 6.92. The molecule has 1 unspecified atom stereocenters. The first kappa shape index (κ1) is 12.6. The molecule has 0 saturated carbocycles. The second-order valence-corrected chi connectivity index (χ2v) is 5.25. The Bertz CT molecular complexity index is 342. The molecule has 17 heavy (non-hydrogen) atoms. The van der Waals surface area contributed by atoms with Crippen LogP contribution in [-0.4, -0.2) is 36.6 Å². The summed E-state index contributed by atoms with van der Waals surface area (Å²) in [6.45, 7) is 5.09. The van der Waals surface area contributed by atoms with Gasteiger partial charge in [0.2, 0.25) is 0 Å². The molecule has 2 N–H and O–H groups in total. The lowest BCUT2D eigenvalue weighted by atomic mass is 9.94. The van der Waals surface area contributed by atoms with Gasteiger partial charge in [-0.3, -0.25) is 0 Å². The first-order chi connectivity index (χ1) is 8.19. The maximum atomic E-state index is 5.63. The van der Waals surface area contributed by atoms with Crippen LogP contribution >= 0.6 is 0 Å². The van der Waals surface area contributed by atoms with Crippen molar-refractivity contribution in [3.8, 4) is 0 Å². The van der Waals surface area contributed by atoms with E-state index in [9.17, 15) is 0 Å². The van der Waals surface area contributed by atoms with E-state index in [1.165, 1.54) is 25.9 Å². The van der Waals surface area contributed by atoms with E-state index in [0.29, 0.717) is 12.5 Å². The predicted molar refractivity (Wildman–Crippen MR) is 67.9 cm³/mol. The number of oxazole rings is 1. The second kappa shape index (κ2) is 5.65. The van der Waals surface area contributed by atoms with Crippen molar-refractivity contribution in [3.05, 3.63) is 17.8 Å². The highest BCUT2D eigenvalue weighted by molar-refractivity contribution is 5.04. The van der Waals surface area contributed by atoms with Gasteiger partial charge in [-0.15, -0.1) is 0 Å². The highest BCUT2D eigenvalue weighted by Crippen LogP contribution is 2.21. The lowest BCUT2D eigenvalue weighted by Crippen LogP contribution is -2.31. The number of hydrogen-bond acceptors (Lipinski definition) is 4. The number of nitrogens with zero attached hydrogens (tertiary/aromatic N) is 2. The topological polar surface area (TPSA) is 55.3 Å². The molecule has 1 saturated heterocycles. The Hall–Kier alpha value is -0.870. The van der Waals surface area contributed by atoms with Crippen LogP contribution in [0, 0.1) is 5.92 Å². The molecule has 96 valence electrons. The molecule has 0 aliphatic carbocycles. The summed E-state index contributed by atoms with van der Waals surface area (Å²) in [6, 6.07) is 0. The molecule has 0 spiro atoms. The van der Waals surface area contributed by atoms with Gasteiger partial charge < -0.3 is 15.1 Å².